The standard InChI is InChI=1S/C9H14O2/c1-3-7-8(10)5-6-9(7)11-4-2/h3-6H2,1-2H3. The van der Waals surface area contributed by atoms with Gasteiger partial charge >= 0.3 is 0 Å². The van der Waals surface area contributed by atoms with Crippen molar-refractivity contribution in [3.05, 3.63) is 11.3 Å². The number of Topliss-reactive ketones (excluding diaryl/α,β-unsaturated/α-hetero) is 1. The maximum atomic E-state index is 11.2. The van der Waals surface area contributed by atoms with E-state index in [2.05, 4.69) is 0 Å². The van der Waals surface area contributed by atoms with E-state index in [-0.39, 0.29) is 5.78 Å². The lowest BCUT2D eigenvalue weighted by molar-refractivity contribution is -0.115. The zero-order valence-corrected chi connectivity index (χ0v) is 7.14. The van der Waals surface area contributed by atoms with Crippen LogP contribution < -0.4 is 0 Å². The van der Waals surface area contributed by atoms with Crippen LogP contribution in [0.4, 0.5) is 0 Å². The first-order valence-corrected chi connectivity index (χ1v) is 4.17. The molecule has 0 amide bonds. The van der Waals surface area contributed by atoms with Crippen LogP contribution in [0.2, 0.25) is 0 Å². The third-order valence-electron chi connectivity index (χ3n) is 1.92. The maximum absolute atomic E-state index is 11.2. The molecule has 2 heteroatoms. The Bertz CT molecular complexity index is 192. The monoisotopic (exact) mass is 154 g/mol. The zero-order chi connectivity index (χ0) is 8.27. The van der Waals surface area contributed by atoms with Crippen LogP contribution >= 0.6 is 0 Å². The van der Waals surface area contributed by atoms with Gasteiger partial charge in [0.1, 0.15) is 5.76 Å². The highest BCUT2D eigenvalue weighted by atomic mass is 16.5. The van der Waals surface area contributed by atoms with Gasteiger partial charge in [-0.25, -0.2) is 0 Å². The summed E-state index contributed by atoms with van der Waals surface area (Å²) in [5, 5.41) is 0. The van der Waals surface area contributed by atoms with Crippen LogP contribution in [0, 0.1) is 0 Å². The number of ketones is 1. The Labute approximate surface area is 67.2 Å². The highest BCUT2D eigenvalue weighted by Crippen LogP contribution is 2.25. The van der Waals surface area contributed by atoms with Crippen LogP contribution in [0.3, 0.4) is 0 Å². The molecule has 1 aliphatic rings. The molecule has 0 fully saturated rings. The summed E-state index contributed by atoms with van der Waals surface area (Å²) in [5.74, 6) is 1.20. The van der Waals surface area contributed by atoms with Crippen LogP contribution in [0.25, 0.3) is 0 Å². The molecular weight excluding hydrogens is 140 g/mol. The van der Waals surface area contributed by atoms with Crippen molar-refractivity contribution in [2.45, 2.75) is 33.1 Å². The fourth-order valence-electron chi connectivity index (χ4n) is 1.41. The highest BCUT2D eigenvalue weighted by molar-refractivity contribution is 5.98. The van der Waals surface area contributed by atoms with Crippen molar-refractivity contribution < 1.29 is 9.53 Å². The first-order chi connectivity index (χ1) is 5.29. The van der Waals surface area contributed by atoms with Crippen molar-refractivity contribution in [2.75, 3.05) is 6.61 Å². The molecule has 0 radical (unpaired) electrons. The SMILES string of the molecule is CCOC1=C(CC)C(=O)CC1. The summed E-state index contributed by atoms with van der Waals surface area (Å²) in [6.45, 7) is 4.62. The van der Waals surface area contributed by atoms with E-state index in [4.69, 9.17) is 4.74 Å². The van der Waals surface area contributed by atoms with Gasteiger partial charge in [-0.3, -0.25) is 4.79 Å². The Kier molecular flexibility index (Phi) is 2.69. The first-order valence-electron chi connectivity index (χ1n) is 4.17. The van der Waals surface area contributed by atoms with Crippen LogP contribution in [-0.4, -0.2) is 12.4 Å². The van der Waals surface area contributed by atoms with Crippen LogP contribution in [0.5, 0.6) is 0 Å². The summed E-state index contributed by atoms with van der Waals surface area (Å²) in [7, 11) is 0. The van der Waals surface area contributed by atoms with Gasteiger partial charge in [0, 0.05) is 18.4 Å². The third kappa shape index (κ3) is 1.62. The molecule has 0 aromatic rings. The van der Waals surface area contributed by atoms with Gasteiger partial charge in [0.05, 0.1) is 6.61 Å². The minimum atomic E-state index is 0.274. The molecule has 0 heterocycles. The van der Waals surface area contributed by atoms with Gasteiger partial charge in [0.25, 0.3) is 0 Å². The normalized spacial score (nSPS) is 17.8. The Morgan fingerprint density at radius 3 is 2.64 bits per heavy atom. The molecule has 0 bridgehead atoms. The van der Waals surface area contributed by atoms with Crippen LogP contribution in [-0.2, 0) is 9.53 Å². The van der Waals surface area contributed by atoms with E-state index in [1.807, 2.05) is 13.8 Å². The van der Waals surface area contributed by atoms with Gasteiger partial charge in [-0.1, -0.05) is 6.92 Å². The fraction of sp³-hybridized carbons (Fsp3) is 0.667. The van der Waals surface area contributed by atoms with E-state index in [1.54, 1.807) is 0 Å². The minimum Gasteiger partial charge on any atom is -0.498 e. The maximum Gasteiger partial charge on any atom is 0.162 e. The van der Waals surface area contributed by atoms with E-state index in [1.165, 1.54) is 0 Å². The van der Waals surface area contributed by atoms with Crippen LogP contribution in [0.1, 0.15) is 33.1 Å². The van der Waals surface area contributed by atoms with E-state index < -0.39 is 0 Å². The minimum absolute atomic E-state index is 0.274. The van der Waals surface area contributed by atoms with Crippen molar-refractivity contribution in [3.8, 4) is 0 Å². The molecule has 0 N–H and O–H groups in total. The lowest BCUT2D eigenvalue weighted by Gasteiger charge is -2.04. The number of carbonyl (C=O) groups is 1. The lowest BCUT2D eigenvalue weighted by Crippen LogP contribution is -1.96. The Balaban J connectivity index is 2.71. The quantitative estimate of drug-likeness (QED) is 0.622. The Morgan fingerprint density at radius 1 is 1.36 bits per heavy atom. The summed E-state index contributed by atoms with van der Waals surface area (Å²) < 4.78 is 5.34. The number of hydrogen-bond donors (Lipinski definition) is 0. The van der Waals surface area contributed by atoms with Crippen molar-refractivity contribution in [2.24, 2.45) is 0 Å². The largest absolute Gasteiger partial charge is 0.498 e. The van der Waals surface area contributed by atoms with Crippen molar-refractivity contribution >= 4 is 5.78 Å². The van der Waals surface area contributed by atoms with Gasteiger partial charge in [0.2, 0.25) is 0 Å². The second kappa shape index (κ2) is 3.56. The summed E-state index contributed by atoms with van der Waals surface area (Å²) in [6, 6.07) is 0. The first kappa shape index (κ1) is 8.31. The Hall–Kier alpha value is -0.790. The average Bonchev–Trinajstić information content (AvgIpc) is 2.33. The molecule has 0 spiro atoms. The summed E-state index contributed by atoms with van der Waals surface area (Å²) in [5.41, 5.74) is 0.909. The lowest BCUT2D eigenvalue weighted by atomic mass is 10.2. The molecule has 0 aromatic carbocycles. The van der Waals surface area contributed by atoms with Gasteiger partial charge in [-0.15, -0.1) is 0 Å². The van der Waals surface area contributed by atoms with Crippen molar-refractivity contribution in [3.63, 3.8) is 0 Å². The predicted octanol–water partition coefficient (Wildman–Crippen LogP) is 2.05. The van der Waals surface area contributed by atoms with Gasteiger partial charge in [0.15, 0.2) is 5.78 Å². The summed E-state index contributed by atoms with van der Waals surface area (Å²) in [4.78, 5) is 11.2. The number of allylic oxidation sites excluding steroid dienone is 2. The molecule has 0 atom stereocenters. The van der Waals surface area contributed by atoms with Crippen molar-refractivity contribution in [1.29, 1.82) is 0 Å². The van der Waals surface area contributed by atoms with Gasteiger partial charge < -0.3 is 4.74 Å². The molecule has 0 aliphatic heterocycles. The second-order valence-electron chi connectivity index (χ2n) is 2.61. The molecule has 0 saturated carbocycles. The number of carbonyl (C=O) groups excluding carboxylic acids is 1. The zero-order valence-electron chi connectivity index (χ0n) is 7.14. The Morgan fingerprint density at radius 2 is 2.09 bits per heavy atom. The molecule has 11 heavy (non-hydrogen) atoms. The number of hydrogen-bond acceptors (Lipinski definition) is 2. The molecule has 2 nitrogen and oxygen atoms in total. The van der Waals surface area contributed by atoms with Gasteiger partial charge in [-0.05, 0) is 13.3 Å². The third-order valence-corrected chi connectivity index (χ3v) is 1.92. The average molecular weight is 154 g/mol. The fourth-order valence-corrected chi connectivity index (χ4v) is 1.41. The van der Waals surface area contributed by atoms with Crippen LogP contribution in [0.15, 0.2) is 11.3 Å². The van der Waals surface area contributed by atoms with E-state index in [9.17, 15) is 4.79 Å². The van der Waals surface area contributed by atoms with Crippen molar-refractivity contribution in [1.82, 2.24) is 0 Å². The topological polar surface area (TPSA) is 26.3 Å². The molecule has 1 aliphatic carbocycles. The van der Waals surface area contributed by atoms with Gasteiger partial charge in [-0.2, -0.15) is 0 Å². The second-order valence-corrected chi connectivity index (χ2v) is 2.61. The molecular formula is C9H14O2. The van der Waals surface area contributed by atoms with E-state index in [0.29, 0.717) is 13.0 Å². The molecule has 0 unspecified atom stereocenters. The molecule has 62 valence electrons. The number of rotatable bonds is 3. The predicted molar refractivity (Wildman–Crippen MR) is 43.2 cm³/mol. The smallest absolute Gasteiger partial charge is 0.162 e. The van der Waals surface area contributed by atoms with E-state index >= 15 is 0 Å². The molecule has 0 saturated heterocycles. The van der Waals surface area contributed by atoms with E-state index in [0.717, 1.165) is 24.2 Å². The summed E-state index contributed by atoms with van der Waals surface area (Å²) >= 11 is 0. The summed E-state index contributed by atoms with van der Waals surface area (Å²) in [6.07, 6.45) is 2.28. The number of ether oxygens (including phenoxy) is 1. The highest BCUT2D eigenvalue weighted by Gasteiger charge is 2.21. The molecule has 1 rings (SSSR count). The molecule has 0 aromatic heterocycles.